The number of anilines is 1. The number of ether oxygens (including phenoxy) is 2. The molecule has 138 valence electrons. The molecule has 4 nitrogen and oxygen atoms in total. The lowest BCUT2D eigenvalue weighted by Crippen LogP contribution is -2.22. The molecule has 0 unspecified atom stereocenters. The normalized spacial score (nSPS) is 15.8. The van der Waals surface area contributed by atoms with Crippen LogP contribution in [0.1, 0.15) is 22.8 Å². The van der Waals surface area contributed by atoms with Gasteiger partial charge in [0.1, 0.15) is 0 Å². The number of carbonyl (C=O) groups is 1. The first-order chi connectivity index (χ1) is 13.1. The fourth-order valence-electron chi connectivity index (χ4n) is 3.51. The predicted molar refractivity (Wildman–Crippen MR) is 109 cm³/mol. The molecule has 6 heteroatoms. The second-order valence-electron chi connectivity index (χ2n) is 6.28. The van der Waals surface area contributed by atoms with E-state index < -0.39 is 0 Å². The Morgan fingerprint density at radius 1 is 1.11 bits per heavy atom. The first kappa shape index (κ1) is 17.9. The average molecular weight is 400 g/mol. The summed E-state index contributed by atoms with van der Waals surface area (Å²) in [4.78, 5) is 13.6. The van der Waals surface area contributed by atoms with Gasteiger partial charge in [0.05, 0.1) is 19.9 Å². The van der Waals surface area contributed by atoms with Gasteiger partial charge in [0.25, 0.3) is 0 Å². The van der Waals surface area contributed by atoms with Crippen LogP contribution in [0, 0.1) is 0 Å². The van der Waals surface area contributed by atoms with E-state index in [0.717, 1.165) is 27.3 Å². The molecule has 3 aromatic rings. The highest BCUT2D eigenvalue weighted by Crippen LogP contribution is 2.49. The van der Waals surface area contributed by atoms with Crippen LogP contribution in [0.15, 0.2) is 47.8 Å². The SMILES string of the molecule is COc1cccc([C@H]2CC(=O)Nc3c(-c4ccc(Cl)cc4)csc32)c1OC. The van der Waals surface area contributed by atoms with Crippen molar-refractivity contribution in [2.24, 2.45) is 0 Å². The smallest absolute Gasteiger partial charge is 0.225 e. The number of fused-ring (bicyclic) bond motifs is 1. The van der Waals surface area contributed by atoms with Crippen molar-refractivity contribution >= 4 is 34.5 Å². The van der Waals surface area contributed by atoms with Gasteiger partial charge < -0.3 is 14.8 Å². The zero-order valence-corrected chi connectivity index (χ0v) is 16.5. The fraction of sp³-hybridized carbons (Fsp3) is 0.190. The molecule has 0 aliphatic carbocycles. The van der Waals surface area contributed by atoms with Crippen LogP contribution >= 0.6 is 22.9 Å². The highest BCUT2D eigenvalue weighted by atomic mass is 35.5. The molecular formula is C21H18ClNO3S. The maximum Gasteiger partial charge on any atom is 0.225 e. The van der Waals surface area contributed by atoms with E-state index in [-0.39, 0.29) is 11.8 Å². The van der Waals surface area contributed by atoms with E-state index in [0.29, 0.717) is 22.9 Å². The molecule has 1 N–H and O–H groups in total. The van der Waals surface area contributed by atoms with E-state index in [9.17, 15) is 4.79 Å². The molecule has 0 fully saturated rings. The predicted octanol–water partition coefficient (Wildman–Crippen LogP) is 5.56. The van der Waals surface area contributed by atoms with E-state index >= 15 is 0 Å². The van der Waals surface area contributed by atoms with Crippen molar-refractivity contribution in [3.63, 3.8) is 0 Å². The Kier molecular flexibility index (Phi) is 4.81. The zero-order valence-electron chi connectivity index (χ0n) is 14.9. The molecule has 0 saturated carbocycles. The van der Waals surface area contributed by atoms with E-state index in [2.05, 4.69) is 10.7 Å². The van der Waals surface area contributed by atoms with Gasteiger partial charge in [-0.3, -0.25) is 4.79 Å². The van der Waals surface area contributed by atoms with Crippen molar-refractivity contribution in [2.75, 3.05) is 19.5 Å². The number of rotatable bonds is 4. The zero-order chi connectivity index (χ0) is 19.0. The molecule has 0 saturated heterocycles. The number of carbonyl (C=O) groups excluding carboxylic acids is 1. The lowest BCUT2D eigenvalue weighted by molar-refractivity contribution is -0.116. The largest absolute Gasteiger partial charge is 0.493 e. The van der Waals surface area contributed by atoms with Gasteiger partial charge in [-0.25, -0.2) is 0 Å². The summed E-state index contributed by atoms with van der Waals surface area (Å²) in [5, 5.41) is 5.82. The van der Waals surface area contributed by atoms with Gasteiger partial charge in [-0.05, 0) is 23.8 Å². The third kappa shape index (κ3) is 3.17. The summed E-state index contributed by atoms with van der Waals surface area (Å²) in [6, 6.07) is 13.4. The molecule has 2 aromatic carbocycles. The molecule has 0 radical (unpaired) electrons. The number of nitrogens with one attached hydrogen (secondary N) is 1. The quantitative estimate of drug-likeness (QED) is 0.624. The second kappa shape index (κ2) is 7.25. The van der Waals surface area contributed by atoms with Gasteiger partial charge >= 0.3 is 0 Å². The van der Waals surface area contributed by atoms with Gasteiger partial charge in [-0.1, -0.05) is 35.9 Å². The Morgan fingerprint density at radius 2 is 1.89 bits per heavy atom. The lowest BCUT2D eigenvalue weighted by Gasteiger charge is -2.25. The van der Waals surface area contributed by atoms with Crippen LogP contribution in [-0.2, 0) is 4.79 Å². The highest BCUT2D eigenvalue weighted by Gasteiger charge is 2.32. The van der Waals surface area contributed by atoms with Crippen molar-refractivity contribution in [1.82, 2.24) is 0 Å². The summed E-state index contributed by atoms with van der Waals surface area (Å²) in [6.07, 6.45) is 0.372. The maximum absolute atomic E-state index is 12.5. The molecule has 0 bridgehead atoms. The first-order valence-electron chi connectivity index (χ1n) is 8.50. The molecule has 2 heterocycles. The van der Waals surface area contributed by atoms with Crippen LogP contribution in [0.2, 0.25) is 5.02 Å². The van der Waals surface area contributed by atoms with Gasteiger partial charge in [-0.15, -0.1) is 11.3 Å². The minimum Gasteiger partial charge on any atom is -0.493 e. The van der Waals surface area contributed by atoms with E-state index in [1.165, 1.54) is 0 Å². The standard InChI is InChI=1S/C21H18ClNO3S/c1-25-17-5-3-4-14(20(17)26-2)15-10-18(24)23-19-16(11-27-21(15)19)12-6-8-13(22)9-7-12/h3-9,11,15H,10H2,1-2H3,(H,23,24)/t15-/m1/s1. The van der Waals surface area contributed by atoms with Crippen molar-refractivity contribution < 1.29 is 14.3 Å². The monoisotopic (exact) mass is 399 g/mol. The number of hydrogen-bond donors (Lipinski definition) is 1. The third-order valence-electron chi connectivity index (χ3n) is 4.75. The molecule has 0 spiro atoms. The minimum atomic E-state index is -0.0788. The average Bonchev–Trinajstić information content (AvgIpc) is 3.11. The number of thiophene rings is 1. The fourth-order valence-corrected chi connectivity index (χ4v) is 4.78. The third-order valence-corrected chi connectivity index (χ3v) is 6.10. The summed E-state index contributed by atoms with van der Waals surface area (Å²) in [5.74, 6) is 1.25. The maximum atomic E-state index is 12.5. The molecular weight excluding hydrogens is 382 g/mol. The van der Waals surface area contributed by atoms with Gasteiger partial charge in [0, 0.05) is 38.7 Å². The van der Waals surface area contributed by atoms with Crippen LogP contribution in [0.4, 0.5) is 5.69 Å². The van der Waals surface area contributed by atoms with Gasteiger partial charge in [-0.2, -0.15) is 0 Å². The van der Waals surface area contributed by atoms with E-state index in [1.54, 1.807) is 25.6 Å². The van der Waals surface area contributed by atoms with Crippen LogP contribution in [-0.4, -0.2) is 20.1 Å². The van der Waals surface area contributed by atoms with Crippen molar-refractivity contribution in [2.45, 2.75) is 12.3 Å². The summed E-state index contributed by atoms with van der Waals surface area (Å²) in [5.41, 5.74) is 3.85. The summed E-state index contributed by atoms with van der Waals surface area (Å²) < 4.78 is 11.0. The molecule has 1 amide bonds. The number of benzene rings is 2. The van der Waals surface area contributed by atoms with E-state index in [4.69, 9.17) is 21.1 Å². The van der Waals surface area contributed by atoms with Crippen molar-refractivity contribution in [3.8, 4) is 22.6 Å². The Morgan fingerprint density at radius 3 is 2.59 bits per heavy atom. The number of methoxy groups -OCH3 is 2. The first-order valence-corrected chi connectivity index (χ1v) is 9.76. The lowest BCUT2D eigenvalue weighted by atomic mass is 9.88. The Bertz CT molecular complexity index is 997. The molecule has 1 aromatic heterocycles. The molecule has 27 heavy (non-hydrogen) atoms. The van der Waals surface area contributed by atoms with Crippen molar-refractivity contribution in [3.05, 3.63) is 63.3 Å². The Balaban J connectivity index is 1.84. The number of para-hydroxylation sites is 1. The summed E-state index contributed by atoms with van der Waals surface area (Å²) in [6.45, 7) is 0. The molecule has 1 atom stereocenters. The second-order valence-corrected chi connectivity index (χ2v) is 7.63. The summed E-state index contributed by atoms with van der Waals surface area (Å²) >= 11 is 7.66. The Hall–Kier alpha value is -2.50. The molecule has 1 aliphatic heterocycles. The minimum absolute atomic E-state index is 0.00835. The molecule has 4 rings (SSSR count). The number of halogens is 1. The van der Waals surface area contributed by atoms with Crippen molar-refractivity contribution in [1.29, 1.82) is 0 Å². The number of hydrogen-bond acceptors (Lipinski definition) is 4. The topological polar surface area (TPSA) is 47.6 Å². The van der Waals surface area contributed by atoms with Crippen LogP contribution < -0.4 is 14.8 Å². The summed E-state index contributed by atoms with van der Waals surface area (Å²) in [7, 11) is 3.24. The van der Waals surface area contributed by atoms with Crippen LogP contribution in [0.25, 0.3) is 11.1 Å². The Labute approximate surface area is 166 Å². The van der Waals surface area contributed by atoms with Crippen LogP contribution in [0.3, 0.4) is 0 Å². The molecule has 1 aliphatic rings. The highest BCUT2D eigenvalue weighted by molar-refractivity contribution is 7.11. The number of amides is 1. The van der Waals surface area contributed by atoms with E-state index in [1.807, 2.05) is 42.5 Å². The van der Waals surface area contributed by atoms with Crippen LogP contribution in [0.5, 0.6) is 11.5 Å². The van der Waals surface area contributed by atoms with Gasteiger partial charge in [0.2, 0.25) is 5.91 Å². The van der Waals surface area contributed by atoms with Gasteiger partial charge in [0.15, 0.2) is 11.5 Å².